The lowest BCUT2D eigenvalue weighted by molar-refractivity contribution is -0.300. The van der Waals surface area contributed by atoms with Gasteiger partial charge >= 0.3 is 18.0 Å². The van der Waals surface area contributed by atoms with Gasteiger partial charge < -0.3 is 0 Å². The minimum absolute atomic E-state index is 1.19. The zero-order valence-electron chi connectivity index (χ0n) is 9.48. The molecule has 0 saturated carbocycles. The van der Waals surface area contributed by atoms with Gasteiger partial charge in [0.1, 0.15) is 0 Å². The molecule has 0 aliphatic heterocycles. The first-order chi connectivity index (χ1) is 8.13. The van der Waals surface area contributed by atoms with E-state index >= 15 is 0 Å². The Kier molecular flexibility index (Phi) is 5.35. The minimum atomic E-state index is -5.93. The Morgan fingerprint density at radius 2 is 1.26 bits per heavy atom. The van der Waals surface area contributed by atoms with Crippen molar-refractivity contribution in [1.82, 2.24) is 0 Å². The molecule has 0 spiro atoms. The Hall–Kier alpha value is -0.483. The molecule has 0 aromatic carbocycles. The van der Waals surface area contributed by atoms with Gasteiger partial charge in [-0.25, -0.2) is 13.2 Å². The number of alkyl halides is 10. The maximum absolute atomic E-state index is 12.9. The van der Waals surface area contributed by atoms with Crippen LogP contribution in [0.1, 0.15) is 19.3 Å². The van der Waals surface area contributed by atoms with E-state index in [1.807, 2.05) is 0 Å². The fourth-order valence-corrected chi connectivity index (χ4v) is 1.49. The van der Waals surface area contributed by atoms with E-state index < -0.39 is 59.2 Å². The molecule has 19 heavy (non-hydrogen) atoms. The molecule has 0 rings (SSSR count). The molecule has 0 aromatic rings. The Morgan fingerprint density at radius 3 is 1.58 bits per heavy atom. The normalized spacial score (nSPS) is 16.7. The van der Waals surface area contributed by atoms with Crippen molar-refractivity contribution >= 4 is 10.2 Å². The van der Waals surface area contributed by atoms with Crippen LogP contribution in [0.25, 0.3) is 0 Å². The molecule has 0 nitrogen and oxygen atoms in total. The summed E-state index contributed by atoms with van der Waals surface area (Å²) in [7, 11) is -1.65. The molecule has 116 valence electrons. The third-order valence-electron chi connectivity index (χ3n) is 2.28. The zero-order chi connectivity index (χ0) is 15.7. The Balaban J connectivity index is 4.74. The molecule has 0 aliphatic carbocycles. The van der Waals surface area contributed by atoms with E-state index in [1.165, 1.54) is 0 Å². The van der Waals surface area contributed by atoms with Gasteiger partial charge in [-0.2, -0.15) is 30.7 Å². The van der Waals surface area contributed by atoms with Crippen molar-refractivity contribution in [3.63, 3.8) is 0 Å². The first-order valence-corrected chi connectivity index (χ1v) is 5.97. The van der Waals surface area contributed by atoms with Crippen LogP contribution in [0.3, 0.4) is 0 Å². The van der Waals surface area contributed by atoms with Crippen LogP contribution in [0.4, 0.5) is 43.9 Å². The fraction of sp³-hybridized carbons (Fsp3) is 1.00. The van der Waals surface area contributed by atoms with Gasteiger partial charge in [0.25, 0.3) is 5.55 Å². The van der Waals surface area contributed by atoms with E-state index in [2.05, 4.69) is 0 Å². The lowest BCUT2D eigenvalue weighted by atomic mass is 10.0. The van der Waals surface area contributed by atoms with Gasteiger partial charge in [-0.05, 0) is 12.8 Å². The quantitative estimate of drug-likeness (QED) is 0.520. The zero-order valence-corrected chi connectivity index (χ0v) is 11.5. The summed E-state index contributed by atoms with van der Waals surface area (Å²) in [4.78, 5) is 0. The maximum atomic E-state index is 12.9. The predicted molar refractivity (Wildman–Crippen MR) is 49.6 cm³/mol. The standard InChI is InChI=1S/C8H10F10Si/c9-4(2-1-3-5(10,11)12)6(13,14)7(15,16)8(17,18)19/h4H,1-3H2,19H3. The largest absolute Gasteiger partial charge is 0.389 e. The van der Waals surface area contributed by atoms with Crippen molar-refractivity contribution in [2.75, 3.05) is 0 Å². The molecule has 11 heteroatoms. The highest BCUT2D eigenvalue weighted by Gasteiger charge is 2.71. The lowest BCUT2D eigenvalue weighted by Gasteiger charge is -2.33. The van der Waals surface area contributed by atoms with Crippen LogP contribution < -0.4 is 0 Å². The number of hydrogen-bond donors (Lipinski definition) is 0. The fourth-order valence-electron chi connectivity index (χ4n) is 1.15. The number of halogens is 10. The first kappa shape index (κ1) is 18.5. The molecule has 0 amide bonds. The first-order valence-electron chi connectivity index (χ1n) is 4.97. The highest BCUT2D eigenvalue weighted by Crippen LogP contribution is 2.47. The van der Waals surface area contributed by atoms with Crippen LogP contribution in [0.15, 0.2) is 0 Å². The van der Waals surface area contributed by atoms with E-state index in [0.717, 1.165) is 0 Å². The third kappa shape index (κ3) is 4.53. The average Bonchev–Trinajstić information content (AvgIpc) is 2.13. The Labute approximate surface area is 104 Å². The van der Waals surface area contributed by atoms with E-state index in [-0.39, 0.29) is 0 Å². The van der Waals surface area contributed by atoms with Gasteiger partial charge in [-0.1, -0.05) is 0 Å². The molecule has 1 atom stereocenters. The monoisotopic (exact) mass is 324 g/mol. The van der Waals surface area contributed by atoms with Gasteiger partial charge in [-0.3, -0.25) is 0 Å². The third-order valence-corrected chi connectivity index (χ3v) is 2.91. The molecular formula is C8H10F10Si. The second-order valence-corrected chi connectivity index (χ2v) is 5.32. The summed E-state index contributed by atoms with van der Waals surface area (Å²) in [5.74, 6) is -11.6. The van der Waals surface area contributed by atoms with Crippen molar-refractivity contribution in [2.24, 2.45) is 0 Å². The van der Waals surface area contributed by atoms with E-state index in [0.29, 0.717) is 0 Å². The van der Waals surface area contributed by atoms with Crippen molar-refractivity contribution in [1.29, 1.82) is 0 Å². The van der Waals surface area contributed by atoms with Crippen molar-refractivity contribution in [2.45, 2.75) is 49.0 Å². The molecule has 0 fully saturated rings. The van der Waals surface area contributed by atoms with Gasteiger partial charge in [0.05, 0.1) is 10.2 Å². The highest BCUT2D eigenvalue weighted by atomic mass is 28.1. The summed E-state index contributed by atoms with van der Waals surface area (Å²) in [5.41, 5.74) is -5.06. The van der Waals surface area contributed by atoms with Crippen LogP contribution in [0.5, 0.6) is 0 Å². The minimum Gasteiger partial charge on any atom is -0.241 e. The SMILES string of the molecule is FC(CCCC(F)(F)F)C(F)(F)C(F)(F)C(F)(F)[SiH3]. The van der Waals surface area contributed by atoms with Gasteiger partial charge in [-0.15, -0.1) is 0 Å². The Morgan fingerprint density at radius 1 is 0.842 bits per heavy atom. The van der Waals surface area contributed by atoms with E-state index in [4.69, 9.17) is 0 Å². The van der Waals surface area contributed by atoms with Crippen molar-refractivity contribution in [3.05, 3.63) is 0 Å². The van der Waals surface area contributed by atoms with Gasteiger partial charge in [0.15, 0.2) is 6.17 Å². The van der Waals surface area contributed by atoms with Crippen LogP contribution in [-0.4, -0.2) is 40.0 Å². The van der Waals surface area contributed by atoms with Crippen LogP contribution in [0.2, 0.25) is 0 Å². The summed E-state index contributed by atoms with van der Waals surface area (Å²) in [5, 5.41) is 0. The second-order valence-electron chi connectivity index (χ2n) is 4.06. The maximum Gasteiger partial charge on any atom is 0.389 e. The molecule has 0 aliphatic rings. The molecule has 0 saturated heterocycles. The molecule has 1 unspecified atom stereocenters. The van der Waals surface area contributed by atoms with Gasteiger partial charge in [0.2, 0.25) is 0 Å². The molecular weight excluding hydrogens is 314 g/mol. The summed E-state index contributed by atoms with van der Waals surface area (Å²) < 4.78 is 124. The molecule has 0 aromatic heterocycles. The van der Waals surface area contributed by atoms with E-state index in [1.54, 1.807) is 0 Å². The van der Waals surface area contributed by atoms with Crippen molar-refractivity contribution in [3.8, 4) is 0 Å². The van der Waals surface area contributed by atoms with E-state index in [9.17, 15) is 43.9 Å². The summed E-state index contributed by atoms with van der Waals surface area (Å²) in [6.07, 6.45) is -13.0. The number of hydrogen-bond acceptors (Lipinski definition) is 0. The second kappa shape index (κ2) is 5.48. The molecule has 0 bridgehead atoms. The average molecular weight is 324 g/mol. The number of rotatable bonds is 6. The molecule has 0 N–H and O–H groups in total. The lowest BCUT2D eigenvalue weighted by Crippen LogP contribution is -2.58. The van der Waals surface area contributed by atoms with Crippen molar-refractivity contribution < 1.29 is 43.9 Å². The smallest absolute Gasteiger partial charge is 0.241 e. The molecule has 0 heterocycles. The van der Waals surface area contributed by atoms with Crippen LogP contribution in [0, 0.1) is 0 Å². The topological polar surface area (TPSA) is 0 Å². The molecule has 0 radical (unpaired) electrons. The van der Waals surface area contributed by atoms with Crippen LogP contribution >= 0.6 is 0 Å². The summed E-state index contributed by atoms with van der Waals surface area (Å²) >= 11 is 0. The summed E-state index contributed by atoms with van der Waals surface area (Å²) in [6, 6.07) is 0. The van der Waals surface area contributed by atoms with Gasteiger partial charge in [0, 0.05) is 6.42 Å². The summed E-state index contributed by atoms with van der Waals surface area (Å²) in [6.45, 7) is 0. The Bertz CT molecular complexity index is 291. The predicted octanol–water partition coefficient (Wildman–Crippen LogP) is 3.29. The highest BCUT2D eigenvalue weighted by molar-refractivity contribution is 6.14. The van der Waals surface area contributed by atoms with Crippen LogP contribution in [-0.2, 0) is 0 Å².